The molecule has 0 aliphatic heterocycles. The number of nitrogens with zero attached hydrogens (tertiary/aromatic N) is 2. The minimum absolute atomic E-state index is 0.0837. The Morgan fingerprint density at radius 1 is 1.22 bits per heavy atom. The van der Waals surface area contributed by atoms with Gasteiger partial charge in [-0.25, -0.2) is 4.39 Å². The highest BCUT2D eigenvalue weighted by Gasteiger charge is 2.35. The van der Waals surface area contributed by atoms with Gasteiger partial charge in [-0.05, 0) is 25.0 Å². The Morgan fingerprint density at radius 3 is 2.37 bits per heavy atom. The number of ether oxygens (including phenoxy) is 1. The number of benzene rings is 1. The summed E-state index contributed by atoms with van der Waals surface area (Å²) in [5.41, 5.74) is -1.09. The summed E-state index contributed by atoms with van der Waals surface area (Å²) in [4.78, 5) is 5.43. The fourth-order valence-electron chi connectivity index (χ4n) is 2.61. The highest BCUT2D eigenvalue weighted by atomic mass is 35.5. The third kappa shape index (κ3) is 4.24. The van der Waals surface area contributed by atoms with Crippen LogP contribution in [0.3, 0.4) is 0 Å². The van der Waals surface area contributed by atoms with Crippen LogP contribution in [0.1, 0.15) is 24.5 Å². The molecule has 0 N–H and O–H groups in total. The van der Waals surface area contributed by atoms with E-state index in [0.717, 1.165) is 6.07 Å². The predicted octanol–water partition coefficient (Wildman–Crippen LogP) is 6.38. The van der Waals surface area contributed by atoms with Crippen LogP contribution < -0.4 is 9.64 Å². The second kappa shape index (κ2) is 8.10. The number of hydrogen-bond donors (Lipinski definition) is 0. The summed E-state index contributed by atoms with van der Waals surface area (Å²) in [6.07, 6.45) is -3.34. The highest BCUT2D eigenvalue weighted by molar-refractivity contribution is 6.35. The Balaban J connectivity index is 2.82. The number of hydrogen-bond acceptors (Lipinski definition) is 3. The van der Waals surface area contributed by atoms with Crippen LogP contribution in [0.4, 0.5) is 23.2 Å². The van der Waals surface area contributed by atoms with Crippen molar-refractivity contribution in [1.29, 1.82) is 0 Å². The van der Waals surface area contributed by atoms with E-state index in [4.69, 9.17) is 27.9 Å². The topological polar surface area (TPSA) is 25.4 Å². The lowest BCUT2D eigenvalue weighted by atomic mass is 10.0. The Hall–Kier alpha value is -1.73. The number of alkyl halides is 3. The highest BCUT2D eigenvalue weighted by Crippen LogP contribution is 2.47. The van der Waals surface area contributed by atoms with Crippen molar-refractivity contribution >= 4 is 28.9 Å². The van der Waals surface area contributed by atoms with Gasteiger partial charge in [0.2, 0.25) is 0 Å². The number of aromatic nitrogens is 1. The van der Waals surface area contributed by atoms with Crippen molar-refractivity contribution in [2.45, 2.75) is 26.4 Å². The summed E-state index contributed by atoms with van der Waals surface area (Å²) >= 11 is 12.3. The quantitative estimate of drug-likeness (QED) is 0.520. The molecule has 2 aromatic rings. The van der Waals surface area contributed by atoms with Gasteiger partial charge in [-0.1, -0.05) is 30.1 Å². The van der Waals surface area contributed by atoms with Gasteiger partial charge in [0.25, 0.3) is 0 Å². The minimum atomic E-state index is -4.62. The maximum absolute atomic E-state index is 14.8. The molecule has 0 aliphatic rings. The van der Waals surface area contributed by atoms with Gasteiger partial charge < -0.3 is 9.64 Å². The molecule has 1 aromatic carbocycles. The van der Waals surface area contributed by atoms with Gasteiger partial charge in [0, 0.05) is 20.3 Å². The van der Waals surface area contributed by atoms with Crippen molar-refractivity contribution in [2.24, 2.45) is 0 Å². The van der Waals surface area contributed by atoms with E-state index in [1.165, 1.54) is 6.92 Å². The maximum Gasteiger partial charge on any atom is 0.418 e. The molecule has 0 radical (unpaired) electrons. The monoisotopic (exact) mass is 424 g/mol. The van der Waals surface area contributed by atoms with Crippen molar-refractivity contribution in [3.05, 3.63) is 39.3 Å². The molecule has 0 aliphatic carbocycles. The molecule has 3 nitrogen and oxygen atoms in total. The van der Waals surface area contributed by atoms with Crippen LogP contribution >= 0.6 is 23.2 Å². The molecule has 0 unspecified atom stereocenters. The molecule has 27 heavy (non-hydrogen) atoms. The normalized spacial score (nSPS) is 11.6. The molecule has 9 heteroatoms. The van der Waals surface area contributed by atoms with E-state index >= 15 is 0 Å². The summed E-state index contributed by atoms with van der Waals surface area (Å²) in [6, 6.07) is 1.07. The summed E-state index contributed by atoms with van der Waals surface area (Å²) < 4.78 is 59.8. The van der Waals surface area contributed by atoms with E-state index in [1.54, 1.807) is 19.0 Å². The van der Waals surface area contributed by atoms with Gasteiger partial charge in [0.05, 0.1) is 39.2 Å². The molecular weight excluding hydrogens is 407 g/mol. The average Bonchev–Trinajstić information content (AvgIpc) is 2.54. The zero-order valence-corrected chi connectivity index (χ0v) is 16.7. The molecule has 148 valence electrons. The molecule has 0 saturated heterocycles. The van der Waals surface area contributed by atoms with Crippen LogP contribution in [0.5, 0.6) is 5.75 Å². The first-order valence-corrected chi connectivity index (χ1v) is 8.81. The van der Waals surface area contributed by atoms with E-state index in [1.807, 2.05) is 6.92 Å². The van der Waals surface area contributed by atoms with Gasteiger partial charge in [-0.3, -0.25) is 4.98 Å². The predicted molar refractivity (Wildman–Crippen MR) is 99.5 cm³/mol. The van der Waals surface area contributed by atoms with E-state index < -0.39 is 17.6 Å². The van der Waals surface area contributed by atoms with E-state index in [9.17, 15) is 17.6 Å². The van der Waals surface area contributed by atoms with Gasteiger partial charge in [-0.2, -0.15) is 13.2 Å². The summed E-state index contributed by atoms with van der Waals surface area (Å²) in [6.45, 7) is 3.33. The standard InChI is InChI=1S/C18H18Cl2F4N2O/c1-5-6-27-17-13(12(21)7-11(19)16(17)26(3)4)15-14(20)9(2)10(8-25-15)18(22,23)24/h7-8H,5-6H2,1-4H3. The van der Waals surface area contributed by atoms with E-state index in [-0.39, 0.29) is 39.2 Å². The molecule has 0 amide bonds. The van der Waals surface area contributed by atoms with Crippen molar-refractivity contribution < 1.29 is 22.3 Å². The number of anilines is 1. The molecule has 0 atom stereocenters. The Kier molecular flexibility index (Phi) is 6.47. The van der Waals surface area contributed by atoms with Crippen LogP contribution in [-0.2, 0) is 6.18 Å². The summed E-state index contributed by atoms with van der Waals surface area (Å²) in [5, 5.41) is -0.191. The number of halogens is 6. The maximum atomic E-state index is 14.8. The SMILES string of the molecule is CCCOc1c(-c2ncc(C(F)(F)F)c(C)c2Cl)c(F)cc(Cl)c1N(C)C. The van der Waals surface area contributed by atoms with Gasteiger partial charge in [0.15, 0.2) is 5.75 Å². The van der Waals surface area contributed by atoms with E-state index in [0.29, 0.717) is 18.3 Å². The molecule has 1 heterocycles. The Bertz CT molecular complexity index is 854. The zero-order chi connectivity index (χ0) is 20.5. The molecular formula is C18H18Cl2F4N2O. The largest absolute Gasteiger partial charge is 0.491 e. The van der Waals surface area contributed by atoms with Crippen LogP contribution in [0.2, 0.25) is 10.0 Å². The van der Waals surface area contributed by atoms with Crippen molar-refractivity contribution in [3.63, 3.8) is 0 Å². The molecule has 0 saturated carbocycles. The fraction of sp³-hybridized carbons (Fsp3) is 0.389. The van der Waals surface area contributed by atoms with Gasteiger partial charge >= 0.3 is 6.18 Å². The van der Waals surface area contributed by atoms with Gasteiger partial charge in [-0.15, -0.1) is 0 Å². The molecule has 0 spiro atoms. The first-order valence-electron chi connectivity index (χ1n) is 8.05. The van der Waals surface area contributed by atoms with Crippen LogP contribution in [0.15, 0.2) is 12.3 Å². The van der Waals surface area contributed by atoms with Crippen LogP contribution in [-0.4, -0.2) is 25.7 Å². The second-order valence-electron chi connectivity index (χ2n) is 6.09. The van der Waals surface area contributed by atoms with Crippen LogP contribution in [0, 0.1) is 12.7 Å². The fourth-order valence-corrected chi connectivity index (χ4v) is 3.20. The minimum Gasteiger partial charge on any atom is -0.491 e. The first kappa shape index (κ1) is 21.6. The lowest BCUT2D eigenvalue weighted by Gasteiger charge is -2.23. The molecule has 1 aromatic heterocycles. The first-order chi connectivity index (χ1) is 12.5. The molecule has 0 bridgehead atoms. The lowest BCUT2D eigenvalue weighted by Crippen LogP contribution is -2.14. The van der Waals surface area contributed by atoms with Crippen molar-refractivity contribution in [2.75, 3.05) is 25.6 Å². The Morgan fingerprint density at radius 2 is 1.85 bits per heavy atom. The van der Waals surface area contributed by atoms with Gasteiger partial charge in [0.1, 0.15) is 5.82 Å². The molecule has 2 rings (SSSR count). The second-order valence-corrected chi connectivity index (χ2v) is 6.88. The van der Waals surface area contributed by atoms with Crippen LogP contribution in [0.25, 0.3) is 11.3 Å². The van der Waals surface area contributed by atoms with Crippen molar-refractivity contribution in [1.82, 2.24) is 4.98 Å². The van der Waals surface area contributed by atoms with E-state index in [2.05, 4.69) is 4.98 Å². The van der Waals surface area contributed by atoms with Crippen molar-refractivity contribution in [3.8, 4) is 17.0 Å². The smallest absolute Gasteiger partial charge is 0.418 e. The number of pyridine rings is 1. The third-order valence-corrected chi connectivity index (χ3v) is 4.62. The zero-order valence-electron chi connectivity index (χ0n) is 15.1. The summed E-state index contributed by atoms with van der Waals surface area (Å²) in [5.74, 6) is -0.703. The lowest BCUT2D eigenvalue weighted by molar-refractivity contribution is -0.138. The number of rotatable bonds is 5. The molecule has 0 fully saturated rings. The third-order valence-electron chi connectivity index (χ3n) is 3.86. The summed E-state index contributed by atoms with van der Waals surface area (Å²) in [7, 11) is 3.38. The Labute approximate surface area is 164 Å². The average molecular weight is 425 g/mol.